The van der Waals surface area contributed by atoms with Gasteiger partial charge >= 0.3 is 0 Å². The van der Waals surface area contributed by atoms with Crippen molar-refractivity contribution in [2.75, 3.05) is 12.3 Å². The van der Waals surface area contributed by atoms with E-state index in [1.165, 1.54) is 12.8 Å². The Balaban J connectivity index is 1.99. The van der Waals surface area contributed by atoms with Crippen LogP contribution in [0.4, 0.5) is 0 Å². The molecule has 1 saturated carbocycles. The van der Waals surface area contributed by atoms with Crippen molar-refractivity contribution in [1.82, 2.24) is 5.32 Å². The summed E-state index contributed by atoms with van der Waals surface area (Å²) in [5.41, 5.74) is 0.998. The highest BCUT2D eigenvalue weighted by Gasteiger charge is 2.28. The van der Waals surface area contributed by atoms with E-state index in [1.807, 2.05) is 19.1 Å². The molecule has 1 aromatic rings. The molecule has 2 atom stereocenters. The first kappa shape index (κ1) is 15.5. The van der Waals surface area contributed by atoms with Crippen LogP contribution in [0, 0.1) is 12.8 Å². The maximum atomic E-state index is 12.4. The van der Waals surface area contributed by atoms with Gasteiger partial charge in [-0.25, -0.2) is 8.42 Å². The van der Waals surface area contributed by atoms with Gasteiger partial charge in [0.05, 0.1) is 10.6 Å². The van der Waals surface area contributed by atoms with Crippen LogP contribution in [0.25, 0.3) is 0 Å². The van der Waals surface area contributed by atoms with Crippen molar-refractivity contribution >= 4 is 9.84 Å². The smallest absolute Gasteiger partial charge is 0.178 e. The first-order valence-electron chi connectivity index (χ1n) is 7.55. The quantitative estimate of drug-likeness (QED) is 0.877. The van der Waals surface area contributed by atoms with Gasteiger partial charge < -0.3 is 5.32 Å². The zero-order valence-electron chi connectivity index (χ0n) is 12.4. The monoisotopic (exact) mass is 295 g/mol. The van der Waals surface area contributed by atoms with Crippen LogP contribution < -0.4 is 5.32 Å². The molecule has 2 rings (SSSR count). The van der Waals surface area contributed by atoms with Gasteiger partial charge in [0.15, 0.2) is 9.84 Å². The second-order valence-electron chi connectivity index (χ2n) is 5.78. The molecular weight excluding hydrogens is 270 g/mol. The standard InChI is InChI=1S/C16H25NO2S/c1-3-17-16-9-5-7-14(16)10-11-20(18,19)15-8-4-6-13(2)12-15/h4,6,8,12,14,16-17H,3,5,7,9-11H2,1-2H3. The Morgan fingerprint density at radius 3 is 2.80 bits per heavy atom. The molecule has 0 aromatic heterocycles. The van der Waals surface area contributed by atoms with Gasteiger partial charge in [0.25, 0.3) is 0 Å². The minimum Gasteiger partial charge on any atom is -0.314 e. The summed E-state index contributed by atoms with van der Waals surface area (Å²) in [6.07, 6.45) is 4.32. The van der Waals surface area contributed by atoms with Crippen molar-refractivity contribution in [2.24, 2.45) is 5.92 Å². The van der Waals surface area contributed by atoms with Crippen LogP contribution >= 0.6 is 0 Å². The Kier molecular flexibility index (Phi) is 5.22. The fourth-order valence-corrected chi connectivity index (χ4v) is 4.65. The number of hydrogen-bond donors (Lipinski definition) is 1. The van der Waals surface area contributed by atoms with E-state index in [1.54, 1.807) is 12.1 Å². The van der Waals surface area contributed by atoms with E-state index in [2.05, 4.69) is 12.2 Å². The van der Waals surface area contributed by atoms with E-state index in [0.29, 0.717) is 16.9 Å². The Hall–Kier alpha value is -0.870. The zero-order chi connectivity index (χ0) is 14.6. The molecule has 0 heterocycles. The molecule has 20 heavy (non-hydrogen) atoms. The molecule has 0 radical (unpaired) electrons. The van der Waals surface area contributed by atoms with Crippen molar-refractivity contribution in [2.45, 2.75) is 50.5 Å². The molecule has 4 heteroatoms. The first-order valence-corrected chi connectivity index (χ1v) is 9.21. The molecule has 1 aliphatic rings. The van der Waals surface area contributed by atoms with Crippen molar-refractivity contribution in [3.63, 3.8) is 0 Å². The van der Waals surface area contributed by atoms with E-state index >= 15 is 0 Å². The SMILES string of the molecule is CCNC1CCCC1CCS(=O)(=O)c1cccc(C)c1. The average Bonchev–Trinajstić information content (AvgIpc) is 2.84. The Morgan fingerprint density at radius 2 is 2.10 bits per heavy atom. The van der Waals surface area contributed by atoms with Gasteiger partial charge in [0.1, 0.15) is 0 Å². The number of sulfone groups is 1. The average molecular weight is 295 g/mol. The van der Waals surface area contributed by atoms with Gasteiger partial charge in [0, 0.05) is 6.04 Å². The maximum absolute atomic E-state index is 12.4. The Labute approximate surface area is 122 Å². The molecule has 0 spiro atoms. The van der Waals surface area contributed by atoms with Gasteiger partial charge in [-0.05, 0) is 56.3 Å². The summed E-state index contributed by atoms with van der Waals surface area (Å²) < 4.78 is 24.8. The van der Waals surface area contributed by atoms with Crippen LogP contribution in [-0.2, 0) is 9.84 Å². The summed E-state index contributed by atoms with van der Waals surface area (Å²) in [7, 11) is -3.14. The minimum absolute atomic E-state index is 0.267. The van der Waals surface area contributed by atoms with Crippen LogP contribution in [-0.4, -0.2) is 26.8 Å². The highest BCUT2D eigenvalue weighted by atomic mass is 32.2. The molecule has 2 unspecified atom stereocenters. The molecule has 1 aromatic carbocycles. The van der Waals surface area contributed by atoms with Crippen LogP contribution in [0.1, 0.15) is 38.2 Å². The fourth-order valence-electron chi connectivity index (χ4n) is 3.15. The molecule has 1 N–H and O–H groups in total. The molecule has 3 nitrogen and oxygen atoms in total. The minimum atomic E-state index is -3.14. The number of benzene rings is 1. The van der Waals surface area contributed by atoms with Crippen molar-refractivity contribution in [1.29, 1.82) is 0 Å². The second-order valence-corrected chi connectivity index (χ2v) is 7.89. The Morgan fingerprint density at radius 1 is 1.30 bits per heavy atom. The number of nitrogens with one attached hydrogen (secondary N) is 1. The molecule has 0 bridgehead atoms. The van der Waals surface area contributed by atoms with Gasteiger partial charge in [-0.15, -0.1) is 0 Å². The third-order valence-electron chi connectivity index (χ3n) is 4.23. The Bertz CT molecular complexity index is 539. The van der Waals surface area contributed by atoms with E-state index in [9.17, 15) is 8.42 Å². The van der Waals surface area contributed by atoms with E-state index in [0.717, 1.165) is 24.9 Å². The highest BCUT2D eigenvalue weighted by molar-refractivity contribution is 7.91. The summed E-state index contributed by atoms with van der Waals surface area (Å²) in [6.45, 7) is 5.00. The summed E-state index contributed by atoms with van der Waals surface area (Å²) >= 11 is 0. The molecule has 0 saturated heterocycles. The molecular formula is C16H25NO2S. The predicted octanol–water partition coefficient (Wildman–Crippen LogP) is 2.94. The van der Waals surface area contributed by atoms with Crippen LogP contribution in [0.2, 0.25) is 0 Å². The molecule has 0 aliphatic heterocycles. The van der Waals surface area contributed by atoms with Crippen LogP contribution in [0.15, 0.2) is 29.2 Å². The van der Waals surface area contributed by atoms with Crippen molar-refractivity contribution < 1.29 is 8.42 Å². The third-order valence-corrected chi connectivity index (χ3v) is 5.98. The van der Waals surface area contributed by atoms with Gasteiger partial charge in [-0.1, -0.05) is 25.5 Å². The maximum Gasteiger partial charge on any atom is 0.178 e. The van der Waals surface area contributed by atoms with Crippen LogP contribution in [0.5, 0.6) is 0 Å². The number of rotatable bonds is 6. The van der Waals surface area contributed by atoms with Gasteiger partial charge in [-0.2, -0.15) is 0 Å². The lowest BCUT2D eigenvalue weighted by molar-refractivity contribution is 0.398. The number of aryl methyl sites for hydroxylation is 1. The molecule has 1 fully saturated rings. The summed E-state index contributed by atoms with van der Waals surface area (Å²) in [5.74, 6) is 0.776. The second kappa shape index (κ2) is 6.72. The lowest BCUT2D eigenvalue weighted by Gasteiger charge is -2.20. The first-order chi connectivity index (χ1) is 9.53. The number of hydrogen-bond acceptors (Lipinski definition) is 3. The molecule has 0 amide bonds. The lowest BCUT2D eigenvalue weighted by atomic mass is 10.0. The zero-order valence-corrected chi connectivity index (χ0v) is 13.2. The van der Waals surface area contributed by atoms with E-state index < -0.39 is 9.84 Å². The van der Waals surface area contributed by atoms with Crippen molar-refractivity contribution in [3.8, 4) is 0 Å². The third kappa shape index (κ3) is 3.83. The van der Waals surface area contributed by atoms with Gasteiger partial charge in [0.2, 0.25) is 0 Å². The summed E-state index contributed by atoms with van der Waals surface area (Å²) in [4.78, 5) is 0.468. The normalized spacial score (nSPS) is 23.1. The fraction of sp³-hybridized carbons (Fsp3) is 0.625. The summed E-state index contributed by atoms with van der Waals surface area (Å²) in [6, 6.07) is 7.73. The summed E-state index contributed by atoms with van der Waals surface area (Å²) in [5, 5.41) is 3.48. The van der Waals surface area contributed by atoms with E-state index in [4.69, 9.17) is 0 Å². The van der Waals surface area contributed by atoms with E-state index in [-0.39, 0.29) is 5.75 Å². The van der Waals surface area contributed by atoms with Crippen molar-refractivity contribution in [3.05, 3.63) is 29.8 Å². The van der Waals surface area contributed by atoms with Crippen LogP contribution in [0.3, 0.4) is 0 Å². The predicted molar refractivity (Wildman–Crippen MR) is 82.7 cm³/mol. The molecule has 112 valence electrons. The van der Waals surface area contributed by atoms with Gasteiger partial charge in [-0.3, -0.25) is 0 Å². The lowest BCUT2D eigenvalue weighted by Crippen LogP contribution is -2.33. The largest absolute Gasteiger partial charge is 0.314 e. The topological polar surface area (TPSA) is 46.2 Å². The molecule has 1 aliphatic carbocycles. The highest BCUT2D eigenvalue weighted by Crippen LogP contribution is 2.29.